The zero-order valence-corrected chi connectivity index (χ0v) is 15.3. The second kappa shape index (κ2) is 8.67. The first-order chi connectivity index (χ1) is 13.6. The van der Waals surface area contributed by atoms with E-state index >= 15 is 0 Å². The van der Waals surface area contributed by atoms with E-state index in [1.54, 1.807) is 50.7 Å². The lowest BCUT2D eigenvalue weighted by molar-refractivity contribution is -0.134. The molecule has 9 nitrogen and oxygen atoms in total. The highest BCUT2D eigenvalue weighted by atomic mass is 16.5. The summed E-state index contributed by atoms with van der Waals surface area (Å²) in [5.41, 5.74) is 1.86. The van der Waals surface area contributed by atoms with Crippen LogP contribution in [-0.2, 0) is 4.79 Å². The van der Waals surface area contributed by atoms with Gasteiger partial charge in [-0.25, -0.2) is 4.98 Å². The second-order valence-corrected chi connectivity index (χ2v) is 5.65. The van der Waals surface area contributed by atoms with Gasteiger partial charge in [-0.1, -0.05) is 6.07 Å². The monoisotopic (exact) mass is 381 g/mol. The summed E-state index contributed by atoms with van der Waals surface area (Å²) in [7, 11) is 3.13. The van der Waals surface area contributed by atoms with E-state index < -0.39 is 5.97 Å². The molecule has 0 aliphatic carbocycles. The molecule has 0 radical (unpaired) electrons. The maximum absolute atomic E-state index is 10.9. The van der Waals surface area contributed by atoms with Gasteiger partial charge in [0.2, 0.25) is 5.95 Å². The van der Waals surface area contributed by atoms with Crippen molar-refractivity contribution >= 4 is 23.4 Å². The van der Waals surface area contributed by atoms with Gasteiger partial charge in [-0.05, 0) is 12.1 Å². The third-order valence-corrected chi connectivity index (χ3v) is 3.68. The number of nitrogens with zero attached hydrogens (tertiary/aromatic N) is 3. The van der Waals surface area contributed by atoms with Crippen molar-refractivity contribution in [1.82, 2.24) is 15.0 Å². The Morgan fingerprint density at radius 3 is 2.39 bits per heavy atom. The van der Waals surface area contributed by atoms with Crippen molar-refractivity contribution in [1.29, 1.82) is 0 Å². The molecule has 0 unspecified atom stereocenters. The first-order valence-electron chi connectivity index (χ1n) is 8.33. The minimum absolute atomic E-state index is 0.169. The fourth-order valence-electron chi connectivity index (χ4n) is 2.42. The van der Waals surface area contributed by atoms with Gasteiger partial charge in [0.15, 0.2) is 0 Å². The standard InChI is InChI=1S/C19H19N5O4/c1-27-13-7-12(8-14(9-13)28-2)22-17-10-16(15-5-3-4-6-20-15)23-19(24-17)21-11-18(25)26/h3-10H,11H2,1-2H3,(H,25,26)(H2,21,22,23,24). The molecule has 0 amide bonds. The smallest absolute Gasteiger partial charge is 0.322 e. The number of hydrogen-bond donors (Lipinski definition) is 3. The van der Waals surface area contributed by atoms with Crippen LogP contribution < -0.4 is 20.1 Å². The normalized spacial score (nSPS) is 10.2. The summed E-state index contributed by atoms with van der Waals surface area (Å²) < 4.78 is 10.6. The Labute approximate surface area is 161 Å². The summed E-state index contributed by atoms with van der Waals surface area (Å²) in [6.45, 7) is -0.307. The fourth-order valence-corrected chi connectivity index (χ4v) is 2.42. The van der Waals surface area contributed by atoms with Crippen molar-refractivity contribution in [3.8, 4) is 22.9 Å². The van der Waals surface area contributed by atoms with Crippen LogP contribution in [0.3, 0.4) is 0 Å². The van der Waals surface area contributed by atoms with Crippen LogP contribution in [0.4, 0.5) is 17.5 Å². The molecule has 0 atom stereocenters. The zero-order chi connectivity index (χ0) is 19.9. The third-order valence-electron chi connectivity index (χ3n) is 3.68. The molecule has 2 heterocycles. The first kappa shape index (κ1) is 18.9. The maximum Gasteiger partial charge on any atom is 0.322 e. The number of carbonyl (C=O) groups is 1. The summed E-state index contributed by atoms with van der Waals surface area (Å²) in [6, 6.07) is 12.5. The summed E-state index contributed by atoms with van der Waals surface area (Å²) in [5, 5.41) is 14.8. The molecule has 1 aromatic carbocycles. The van der Waals surface area contributed by atoms with Crippen molar-refractivity contribution in [2.45, 2.75) is 0 Å². The molecule has 3 aromatic rings. The van der Waals surface area contributed by atoms with E-state index in [2.05, 4.69) is 25.6 Å². The summed E-state index contributed by atoms with van der Waals surface area (Å²) >= 11 is 0. The van der Waals surface area contributed by atoms with Gasteiger partial charge < -0.3 is 25.2 Å². The minimum Gasteiger partial charge on any atom is -0.497 e. The van der Waals surface area contributed by atoms with E-state index in [1.807, 2.05) is 12.1 Å². The Bertz CT molecular complexity index is 944. The van der Waals surface area contributed by atoms with Gasteiger partial charge in [-0.15, -0.1) is 0 Å². The fraction of sp³-hybridized carbons (Fsp3) is 0.158. The highest BCUT2D eigenvalue weighted by Crippen LogP contribution is 2.29. The SMILES string of the molecule is COc1cc(Nc2cc(-c3ccccn3)nc(NCC(=O)O)n2)cc(OC)c1. The number of ether oxygens (including phenoxy) is 2. The largest absolute Gasteiger partial charge is 0.497 e. The third kappa shape index (κ3) is 4.85. The molecular formula is C19H19N5O4. The zero-order valence-electron chi connectivity index (χ0n) is 15.3. The van der Waals surface area contributed by atoms with Crippen LogP contribution in [0.25, 0.3) is 11.4 Å². The number of aliphatic carboxylic acids is 1. The Morgan fingerprint density at radius 1 is 1.04 bits per heavy atom. The maximum atomic E-state index is 10.9. The molecule has 0 saturated heterocycles. The van der Waals surface area contributed by atoms with Crippen LogP contribution in [0.5, 0.6) is 11.5 Å². The van der Waals surface area contributed by atoms with E-state index in [4.69, 9.17) is 14.6 Å². The molecule has 0 fully saturated rings. The molecule has 0 aliphatic rings. The van der Waals surface area contributed by atoms with Crippen molar-refractivity contribution in [2.75, 3.05) is 31.4 Å². The molecule has 0 spiro atoms. The number of benzene rings is 1. The molecule has 0 bridgehead atoms. The number of anilines is 3. The number of methoxy groups -OCH3 is 2. The lowest BCUT2D eigenvalue weighted by Gasteiger charge is -2.12. The highest BCUT2D eigenvalue weighted by Gasteiger charge is 2.10. The number of nitrogens with one attached hydrogen (secondary N) is 2. The predicted octanol–water partition coefficient (Wildman–Crippen LogP) is 2.80. The number of carboxylic acids is 1. The van der Waals surface area contributed by atoms with E-state index in [-0.39, 0.29) is 12.5 Å². The van der Waals surface area contributed by atoms with E-state index in [0.29, 0.717) is 34.4 Å². The second-order valence-electron chi connectivity index (χ2n) is 5.65. The molecule has 28 heavy (non-hydrogen) atoms. The molecule has 0 saturated carbocycles. The summed E-state index contributed by atoms with van der Waals surface area (Å²) in [5.74, 6) is 0.843. The van der Waals surface area contributed by atoms with Gasteiger partial charge in [-0.3, -0.25) is 9.78 Å². The number of rotatable bonds is 8. The van der Waals surface area contributed by atoms with Gasteiger partial charge in [0.25, 0.3) is 0 Å². The topological polar surface area (TPSA) is 118 Å². The van der Waals surface area contributed by atoms with Crippen molar-refractivity contribution in [2.24, 2.45) is 0 Å². The number of carboxylic acid groups (broad SMARTS) is 1. The molecule has 0 aliphatic heterocycles. The lowest BCUT2D eigenvalue weighted by atomic mass is 10.2. The van der Waals surface area contributed by atoms with Crippen LogP contribution in [0.1, 0.15) is 0 Å². The van der Waals surface area contributed by atoms with Gasteiger partial charge in [0.05, 0.1) is 25.6 Å². The van der Waals surface area contributed by atoms with Crippen LogP contribution in [0.2, 0.25) is 0 Å². The molecule has 144 valence electrons. The predicted molar refractivity (Wildman–Crippen MR) is 104 cm³/mol. The van der Waals surface area contributed by atoms with Crippen molar-refractivity contribution < 1.29 is 19.4 Å². The van der Waals surface area contributed by atoms with Gasteiger partial charge in [0.1, 0.15) is 23.9 Å². The van der Waals surface area contributed by atoms with Gasteiger partial charge >= 0.3 is 5.97 Å². The first-order valence-corrected chi connectivity index (χ1v) is 8.33. The molecule has 3 rings (SSSR count). The van der Waals surface area contributed by atoms with E-state index in [9.17, 15) is 4.79 Å². The lowest BCUT2D eigenvalue weighted by Crippen LogP contribution is -2.15. The van der Waals surface area contributed by atoms with Crippen LogP contribution in [0.15, 0.2) is 48.7 Å². The number of pyridine rings is 1. The van der Waals surface area contributed by atoms with E-state index in [1.165, 1.54) is 0 Å². The van der Waals surface area contributed by atoms with Crippen molar-refractivity contribution in [3.63, 3.8) is 0 Å². The molecular weight excluding hydrogens is 362 g/mol. The Morgan fingerprint density at radius 2 is 1.79 bits per heavy atom. The molecule has 3 N–H and O–H groups in total. The molecule has 2 aromatic heterocycles. The molecule has 9 heteroatoms. The quantitative estimate of drug-likeness (QED) is 0.541. The van der Waals surface area contributed by atoms with Crippen molar-refractivity contribution in [3.05, 3.63) is 48.7 Å². The van der Waals surface area contributed by atoms with E-state index in [0.717, 1.165) is 0 Å². The van der Waals surface area contributed by atoms with Gasteiger partial charge in [0, 0.05) is 36.1 Å². The average molecular weight is 381 g/mol. The number of aromatic nitrogens is 3. The minimum atomic E-state index is -1.01. The average Bonchev–Trinajstić information content (AvgIpc) is 2.72. The Balaban J connectivity index is 1.97. The van der Waals surface area contributed by atoms with Crippen LogP contribution in [0, 0.1) is 0 Å². The van der Waals surface area contributed by atoms with Crippen LogP contribution in [-0.4, -0.2) is 46.8 Å². The summed E-state index contributed by atoms with van der Waals surface area (Å²) in [6.07, 6.45) is 1.65. The Kier molecular flexibility index (Phi) is 5.85. The Hall–Kier alpha value is -3.88. The highest BCUT2D eigenvalue weighted by molar-refractivity contribution is 5.73. The number of hydrogen-bond acceptors (Lipinski definition) is 8. The van der Waals surface area contributed by atoms with Gasteiger partial charge in [-0.2, -0.15) is 4.98 Å². The summed E-state index contributed by atoms with van der Waals surface area (Å²) in [4.78, 5) is 23.8. The van der Waals surface area contributed by atoms with Crippen LogP contribution >= 0.6 is 0 Å².